The predicted molar refractivity (Wildman–Crippen MR) is 126 cm³/mol. The van der Waals surface area contributed by atoms with E-state index < -0.39 is 16.7 Å². The molecule has 2 amide bonds. The molecule has 1 fully saturated rings. The van der Waals surface area contributed by atoms with Crippen LogP contribution in [0.25, 0.3) is 0 Å². The monoisotopic (exact) mass is 456 g/mol. The molecule has 1 aromatic heterocycles. The highest BCUT2D eigenvalue weighted by Crippen LogP contribution is 2.38. The number of thiophene rings is 1. The number of aryl methyl sites for hydroxylation is 1. The van der Waals surface area contributed by atoms with Gasteiger partial charge in [0, 0.05) is 29.6 Å². The van der Waals surface area contributed by atoms with Gasteiger partial charge in [-0.3, -0.25) is 19.7 Å². The van der Waals surface area contributed by atoms with Gasteiger partial charge in [-0.25, -0.2) is 0 Å². The van der Waals surface area contributed by atoms with Crippen LogP contribution in [0.2, 0.25) is 0 Å². The van der Waals surface area contributed by atoms with Crippen LogP contribution in [-0.2, 0) is 12.8 Å². The van der Waals surface area contributed by atoms with Crippen LogP contribution in [0, 0.1) is 16.0 Å². The summed E-state index contributed by atoms with van der Waals surface area (Å²) >= 11 is 1.39. The van der Waals surface area contributed by atoms with Gasteiger partial charge in [-0.1, -0.05) is 13.3 Å². The molecule has 8 nitrogen and oxygen atoms in total. The number of nitrogens with two attached hydrogens (primary N) is 1. The fraction of sp³-hybridized carbons (Fsp3) is 0.478. The summed E-state index contributed by atoms with van der Waals surface area (Å²) in [5.41, 5.74) is 7.62. The molecule has 2 aromatic rings. The summed E-state index contributed by atoms with van der Waals surface area (Å²) in [6.45, 7) is 3.70. The highest BCUT2D eigenvalue weighted by Gasteiger charge is 2.27. The smallest absolute Gasteiger partial charge is 0.293 e. The maximum Gasteiger partial charge on any atom is 0.293 e. The number of fused-ring (bicyclic) bond motifs is 1. The van der Waals surface area contributed by atoms with Gasteiger partial charge in [0.05, 0.1) is 10.5 Å². The van der Waals surface area contributed by atoms with E-state index in [0.717, 1.165) is 68.5 Å². The maximum absolute atomic E-state index is 13.0. The Hall–Kier alpha value is -2.94. The van der Waals surface area contributed by atoms with Gasteiger partial charge >= 0.3 is 0 Å². The fourth-order valence-electron chi connectivity index (χ4n) is 4.59. The first-order valence-electron chi connectivity index (χ1n) is 11.1. The molecule has 4 rings (SSSR count). The van der Waals surface area contributed by atoms with Crippen LogP contribution in [0.15, 0.2) is 18.2 Å². The molecule has 0 unspecified atom stereocenters. The summed E-state index contributed by atoms with van der Waals surface area (Å²) in [7, 11) is 0. The second-order valence-corrected chi connectivity index (χ2v) is 9.82. The number of hydrogen-bond donors (Lipinski definition) is 2. The van der Waals surface area contributed by atoms with E-state index in [-0.39, 0.29) is 11.3 Å². The molecule has 32 heavy (non-hydrogen) atoms. The molecule has 0 spiro atoms. The number of nitrogens with one attached hydrogen (secondary N) is 1. The van der Waals surface area contributed by atoms with Crippen molar-refractivity contribution in [2.24, 2.45) is 11.7 Å². The van der Waals surface area contributed by atoms with Crippen LogP contribution in [0.3, 0.4) is 0 Å². The lowest BCUT2D eigenvalue weighted by atomic mass is 9.98. The molecule has 1 aromatic carbocycles. The number of carbonyl (C=O) groups excluding carboxylic acids is 2. The Morgan fingerprint density at radius 3 is 2.59 bits per heavy atom. The van der Waals surface area contributed by atoms with Gasteiger partial charge in [0.2, 0.25) is 0 Å². The summed E-state index contributed by atoms with van der Waals surface area (Å²) in [6.07, 6.45) is 6.74. The average Bonchev–Trinajstić information content (AvgIpc) is 2.94. The Labute approximate surface area is 190 Å². The number of carbonyl (C=O) groups is 2. The number of rotatable bonds is 5. The van der Waals surface area contributed by atoms with Gasteiger partial charge in [0.15, 0.2) is 0 Å². The molecule has 1 saturated heterocycles. The lowest BCUT2D eigenvalue weighted by Gasteiger charge is -2.31. The first-order chi connectivity index (χ1) is 15.3. The second kappa shape index (κ2) is 9.28. The summed E-state index contributed by atoms with van der Waals surface area (Å²) in [6, 6.07) is 4.59. The lowest BCUT2D eigenvalue weighted by Crippen LogP contribution is -2.33. The topological polar surface area (TPSA) is 119 Å². The Balaban J connectivity index is 1.61. The van der Waals surface area contributed by atoms with Gasteiger partial charge in [-0.05, 0) is 62.1 Å². The molecular formula is C23H28N4O4S. The normalized spacial score (nSPS) is 16.8. The number of hydrogen-bond acceptors (Lipinski definition) is 6. The van der Waals surface area contributed by atoms with E-state index in [4.69, 9.17) is 5.73 Å². The predicted octanol–water partition coefficient (Wildman–Crippen LogP) is 4.51. The third-order valence-corrected chi connectivity index (χ3v) is 7.66. The first kappa shape index (κ1) is 22.3. The molecule has 2 aliphatic rings. The largest absolute Gasteiger partial charge is 0.366 e. The van der Waals surface area contributed by atoms with E-state index in [2.05, 4.69) is 12.2 Å². The van der Waals surface area contributed by atoms with Gasteiger partial charge in [-0.2, -0.15) is 0 Å². The first-order valence-corrected chi connectivity index (χ1v) is 12.0. The van der Waals surface area contributed by atoms with Gasteiger partial charge in [-0.15, -0.1) is 11.3 Å². The van der Waals surface area contributed by atoms with E-state index in [1.807, 2.05) is 4.90 Å². The van der Waals surface area contributed by atoms with Crippen molar-refractivity contribution in [1.82, 2.24) is 0 Å². The van der Waals surface area contributed by atoms with E-state index in [1.54, 1.807) is 12.1 Å². The number of nitrogens with zero attached hydrogens (tertiary/aromatic N) is 2. The van der Waals surface area contributed by atoms with Crippen LogP contribution >= 0.6 is 11.3 Å². The van der Waals surface area contributed by atoms with Crippen molar-refractivity contribution in [3.8, 4) is 0 Å². The summed E-state index contributed by atoms with van der Waals surface area (Å²) in [4.78, 5) is 39.6. The number of anilines is 2. The number of nitro benzene ring substituents is 1. The third-order valence-electron chi connectivity index (χ3n) is 6.45. The average molecular weight is 457 g/mol. The molecule has 0 bridgehead atoms. The van der Waals surface area contributed by atoms with Crippen LogP contribution in [0.1, 0.15) is 70.2 Å². The highest BCUT2D eigenvalue weighted by molar-refractivity contribution is 7.17. The summed E-state index contributed by atoms with van der Waals surface area (Å²) in [5, 5.41) is 15.0. The molecule has 0 radical (unpaired) electrons. The van der Waals surface area contributed by atoms with Crippen LogP contribution in [0.4, 0.5) is 16.4 Å². The Kier molecular flexibility index (Phi) is 6.45. The molecule has 170 valence electrons. The minimum Gasteiger partial charge on any atom is -0.366 e. The van der Waals surface area contributed by atoms with Gasteiger partial charge in [0.1, 0.15) is 10.7 Å². The van der Waals surface area contributed by atoms with Crippen molar-refractivity contribution >= 4 is 39.5 Å². The van der Waals surface area contributed by atoms with E-state index >= 15 is 0 Å². The zero-order valence-electron chi connectivity index (χ0n) is 18.2. The fourth-order valence-corrected chi connectivity index (χ4v) is 5.88. The number of nitro groups is 1. The number of benzene rings is 1. The molecule has 9 heteroatoms. The van der Waals surface area contributed by atoms with Gasteiger partial charge in [0.25, 0.3) is 17.5 Å². The third kappa shape index (κ3) is 4.48. The van der Waals surface area contributed by atoms with E-state index in [9.17, 15) is 19.7 Å². The molecular weight excluding hydrogens is 428 g/mol. The number of amides is 2. The Morgan fingerprint density at radius 1 is 1.19 bits per heavy atom. The summed E-state index contributed by atoms with van der Waals surface area (Å²) < 4.78 is 0. The molecule has 3 N–H and O–H groups in total. The zero-order valence-corrected chi connectivity index (χ0v) is 19.0. The zero-order chi connectivity index (χ0) is 22.8. The van der Waals surface area contributed by atoms with Crippen LogP contribution in [-0.4, -0.2) is 29.8 Å². The van der Waals surface area contributed by atoms with Crippen molar-refractivity contribution in [3.05, 3.63) is 49.9 Å². The van der Waals surface area contributed by atoms with Crippen molar-refractivity contribution in [3.63, 3.8) is 0 Å². The summed E-state index contributed by atoms with van der Waals surface area (Å²) in [5.74, 6) is -0.429. The minimum absolute atomic E-state index is 0.0794. The molecule has 1 aliphatic carbocycles. The molecule has 0 atom stereocenters. The van der Waals surface area contributed by atoms with Gasteiger partial charge < -0.3 is 16.0 Å². The van der Waals surface area contributed by atoms with E-state index in [1.165, 1.54) is 17.4 Å². The second-order valence-electron chi connectivity index (χ2n) is 8.72. The van der Waals surface area contributed by atoms with Crippen molar-refractivity contribution in [1.29, 1.82) is 0 Å². The number of piperidine rings is 1. The van der Waals surface area contributed by atoms with Crippen molar-refractivity contribution in [2.75, 3.05) is 23.3 Å². The van der Waals surface area contributed by atoms with Crippen molar-refractivity contribution in [2.45, 2.75) is 51.9 Å². The number of primary amides is 1. The standard InChI is InChI=1S/C23H28N4O4S/c1-14-9-11-26(12-10-14)17-8-7-15(13-18(17)27(30)31)22(29)25-23-20(21(24)28)16-5-3-2-4-6-19(16)32-23/h7-8,13-14H,2-6,9-12H2,1H3,(H2,24,28)(H,25,29). The van der Waals surface area contributed by atoms with Crippen LogP contribution in [0.5, 0.6) is 0 Å². The van der Waals surface area contributed by atoms with E-state index in [0.29, 0.717) is 22.2 Å². The molecule has 0 saturated carbocycles. The quantitative estimate of drug-likeness (QED) is 0.390. The Morgan fingerprint density at radius 2 is 1.91 bits per heavy atom. The molecule has 2 heterocycles. The maximum atomic E-state index is 13.0. The molecule has 1 aliphatic heterocycles. The minimum atomic E-state index is -0.555. The Bertz CT molecular complexity index is 1060. The lowest BCUT2D eigenvalue weighted by molar-refractivity contribution is -0.384. The SMILES string of the molecule is CC1CCN(c2ccc(C(=O)Nc3sc4c(c3C(N)=O)CCCCC4)cc2[N+](=O)[O-])CC1. The van der Waals surface area contributed by atoms with Crippen molar-refractivity contribution < 1.29 is 14.5 Å². The van der Waals surface area contributed by atoms with Crippen LogP contribution < -0.4 is 16.0 Å². The highest BCUT2D eigenvalue weighted by atomic mass is 32.1.